The smallest absolute Gasteiger partial charge is 0.254 e. The summed E-state index contributed by atoms with van der Waals surface area (Å²) in [5.41, 5.74) is 1.56. The van der Waals surface area contributed by atoms with E-state index in [0.29, 0.717) is 25.3 Å². The third kappa shape index (κ3) is 5.62. The SMILES string of the molecule is CCCCN(C)C(=O)C1CCN(C(=O)c2ccccc2COc2ccccc2)CC1. The van der Waals surface area contributed by atoms with Crippen molar-refractivity contribution in [2.24, 2.45) is 5.92 Å². The maximum atomic E-state index is 13.2. The number of benzene rings is 2. The summed E-state index contributed by atoms with van der Waals surface area (Å²) in [4.78, 5) is 29.5. The van der Waals surface area contributed by atoms with Gasteiger partial charge in [-0.15, -0.1) is 0 Å². The number of nitrogens with zero attached hydrogens (tertiary/aromatic N) is 2. The molecule has 0 N–H and O–H groups in total. The minimum absolute atomic E-state index is 0.0208. The predicted molar refractivity (Wildman–Crippen MR) is 118 cm³/mol. The quantitative estimate of drug-likeness (QED) is 0.651. The summed E-state index contributed by atoms with van der Waals surface area (Å²) in [5, 5.41) is 0. The highest BCUT2D eigenvalue weighted by atomic mass is 16.5. The summed E-state index contributed by atoms with van der Waals surface area (Å²) in [7, 11) is 1.89. The molecule has 30 heavy (non-hydrogen) atoms. The lowest BCUT2D eigenvalue weighted by Crippen LogP contribution is -2.43. The molecule has 0 aliphatic carbocycles. The molecule has 2 aromatic rings. The molecule has 1 heterocycles. The molecule has 160 valence electrons. The van der Waals surface area contributed by atoms with Gasteiger partial charge in [0, 0.05) is 43.7 Å². The lowest BCUT2D eigenvalue weighted by Gasteiger charge is -2.33. The van der Waals surface area contributed by atoms with Crippen molar-refractivity contribution in [2.75, 3.05) is 26.7 Å². The average molecular weight is 409 g/mol. The number of hydrogen-bond acceptors (Lipinski definition) is 3. The zero-order valence-corrected chi connectivity index (χ0v) is 18.0. The number of hydrogen-bond donors (Lipinski definition) is 0. The van der Waals surface area contributed by atoms with Gasteiger partial charge in [0.05, 0.1) is 0 Å². The number of likely N-dealkylation sites (tertiary alicyclic amines) is 1. The molecule has 0 unspecified atom stereocenters. The van der Waals surface area contributed by atoms with Crippen LogP contribution in [0, 0.1) is 5.92 Å². The highest BCUT2D eigenvalue weighted by molar-refractivity contribution is 5.96. The Bertz CT molecular complexity index is 829. The monoisotopic (exact) mass is 408 g/mol. The molecule has 0 aromatic heterocycles. The third-order valence-corrected chi connectivity index (χ3v) is 5.74. The fraction of sp³-hybridized carbons (Fsp3) is 0.440. The van der Waals surface area contributed by atoms with E-state index >= 15 is 0 Å². The van der Waals surface area contributed by atoms with Crippen LogP contribution in [0.3, 0.4) is 0 Å². The van der Waals surface area contributed by atoms with Crippen molar-refractivity contribution < 1.29 is 14.3 Å². The first-order valence-electron chi connectivity index (χ1n) is 10.9. The number of rotatable bonds is 8. The van der Waals surface area contributed by atoms with Gasteiger partial charge < -0.3 is 14.5 Å². The molecule has 0 atom stereocenters. The molecule has 1 fully saturated rings. The molecule has 0 spiro atoms. The number of unbranched alkanes of at least 4 members (excludes halogenated alkanes) is 1. The topological polar surface area (TPSA) is 49.9 Å². The van der Waals surface area contributed by atoms with Crippen molar-refractivity contribution in [3.63, 3.8) is 0 Å². The first-order valence-corrected chi connectivity index (χ1v) is 10.9. The van der Waals surface area contributed by atoms with E-state index in [1.165, 1.54) is 0 Å². The van der Waals surface area contributed by atoms with Crippen LogP contribution in [0.1, 0.15) is 48.5 Å². The molecule has 1 aliphatic rings. The van der Waals surface area contributed by atoms with Gasteiger partial charge in [0.1, 0.15) is 12.4 Å². The highest BCUT2D eigenvalue weighted by Crippen LogP contribution is 2.23. The Kier molecular flexibility index (Phi) is 7.89. The van der Waals surface area contributed by atoms with Crippen molar-refractivity contribution >= 4 is 11.8 Å². The Hall–Kier alpha value is -2.82. The number of piperidine rings is 1. The van der Waals surface area contributed by atoms with E-state index in [-0.39, 0.29) is 17.7 Å². The second-order valence-electron chi connectivity index (χ2n) is 7.94. The number of ether oxygens (including phenoxy) is 1. The van der Waals surface area contributed by atoms with Crippen LogP contribution in [0.4, 0.5) is 0 Å². The standard InChI is InChI=1S/C25H32N2O3/c1-3-4-16-26(2)24(28)20-14-17-27(18-15-20)25(29)23-13-9-8-10-21(23)19-30-22-11-6-5-7-12-22/h5-13,20H,3-4,14-19H2,1-2H3. The Morgan fingerprint density at radius 1 is 1.03 bits per heavy atom. The average Bonchev–Trinajstić information content (AvgIpc) is 2.81. The fourth-order valence-electron chi connectivity index (χ4n) is 3.85. The van der Waals surface area contributed by atoms with Crippen LogP contribution in [0.5, 0.6) is 5.75 Å². The molecule has 5 heteroatoms. The van der Waals surface area contributed by atoms with Crippen LogP contribution in [-0.2, 0) is 11.4 Å². The number of carbonyl (C=O) groups excluding carboxylic acids is 2. The molecule has 0 bridgehead atoms. The molecule has 0 saturated carbocycles. The zero-order valence-electron chi connectivity index (χ0n) is 18.0. The fourth-order valence-corrected chi connectivity index (χ4v) is 3.85. The normalized spacial score (nSPS) is 14.4. The van der Waals surface area contributed by atoms with Gasteiger partial charge in [-0.3, -0.25) is 9.59 Å². The van der Waals surface area contributed by atoms with Crippen molar-refractivity contribution in [1.82, 2.24) is 9.80 Å². The molecule has 2 aromatic carbocycles. The molecule has 5 nitrogen and oxygen atoms in total. The molecule has 3 rings (SSSR count). The van der Waals surface area contributed by atoms with Crippen molar-refractivity contribution in [1.29, 1.82) is 0 Å². The second kappa shape index (κ2) is 10.8. The summed E-state index contributed by atoms with van der Waals surface area (Å²) in [6.07, 6.45) is 3.56. The van der Waals surface area contributed by atoms with Gasteiger partial charge in [-0.1, -0.05) is 49.7 Å². The first-order chi connectivity index (χ1) is 14.6. The minimum Gasteiger partial charge on any atom is -0.489 e. The van der Waals surface area contributed by atoms with Crippen LogP contribution in [0.2, 0.25) is 0 Å². The summed E-state index contributed by atoms with van der Waals surface area (Å²) in [6.45, 7) is 4.52. The number of amides is 2. The molecular formula is C25H32N2O3. The third-order valence-electron chi connectivity index (χ3n) is 5.74. The Morgan fingerprint density at radius 3 is 2.40 bits per heavy atom. The minimum atomic E-state index is 0.0208. The summed E-state index contributed by atoms with van der Waals surface area (Å²) in [5.74, 6) is 1.04. The van der Waals surface area contributed by atoms with Crippen LogP contribution >= 0.6 is 0 Å². The Balaban J connectivity index is 1.58. The molecule has 1 aliphatic heterocycles. The van der Waals surface area contributed by atoms with E-state index < -0.39 is 0 Å². The van der Waals surface area contributed by atoms with E-state index in [1.54, 1.807) is 0 Å². The maximum absolute atomic E-state index is 13.2. The van der Waals surface area contributed by atoms with Gasteiger partial charge in [0.25, 0.3) is 5.91 Å². The first kappa shape index (κ1) is 21.9. The van der Waals surface area contributed by atoms with E-state index in [2.05, 4.69) is 6.92 Å². The molecule has 1 saturated heterocycles. The second-order valence-corrected chi connectivity index (χ2v) is 7.94. The van der Waals surface area contributed by atoms with Crippen molar-refractivity contribution in [2.45, 2.75) is 39.2 Å². The summed E-state index contributed by atoms with van der Waals surface area (Å²) < 4.78 is 5.86. The van der Waals surface area contributed by atoms with Crippen LogP contribution in [0.15, 0.2) is 54.6 Å². The van der Waals surface area contributed by atoms with E-state index in [0.717, 1.165) is 43.5 Å². The van der Waals surface area contributed by atoms with Gasteiger partial charge in [-0.2, -0.15) is 0 Å². The highest BCUT2D eigenvalue weighted by Gasteiger charge is 2.30. The van der Waals surface area contributed by atoms with Gasteiger partial charge in [0.2, 0.25) is 5.91 Å². The summed E-state index contributed by atoms with van der Waals surface area (Å²) >= 11 is 0. The molecule has 0 radical (unpaired) electrons. The maximum Gasteiger partial charge on any atom is 0.254 e. The number of carbonyl (C=O) groups is 2. The van der Waals surface area contributed by atoms with Gasteiger partial charge in [0.15, 0.2) is 0 Å². The molecule has 2 amide bonds. The summed E-state index contributed by atoms with van der Waals surface area (Å²) in [6, 6.07) is 17.2. The van der Waals surface area contributed by atoms with E-state index in [4.69, 9.17) is 4.74 Å². The van der Waals surface area contributed by atoms with E-state index in [9.17, 15) is 9.59 Å². The lowest BCUT2D eigenvalue weighted by molar-refractivity contribution is -0.135. The van der Waals surface area contributed by atoms with Gasteiger partial charge in [-0.05, 0) is 37.5 Å². The lowest BCUT2D eigenvalue weighted by atomic mass is 9.94. The van der Waals surface area contributed by atoms with Crippen molar-refractivity contribution in [3.05, 3.63) is 65.7 Å². The predicted octanol–water partition coefficient (Wildman–Crippen LogP) is 4.38. The van der Waals surface area contributed by atoms with Crippen LogP contribution < -0.4 is 4.74 Å². The largest absolute Gasteiger partial charge is 0.489 e. The van der Waals surface area contributed by atoms with E-state index in [1.807, 2.05) is 71.4 Å². The van der Waals surface area contributed by atoms with Gasteiger partial charge >= 0.3 is 0 Å². The Morgan fingerprint density at radius 2 is 1.70 bits per heavy atom. The zero-order chi connectivity index (χ0) is 21.3. The van der Waals surface area contributed by atoms with Gasteiger partial charge in [-0.25, -0.2) is 0 Å². The van der Waals surface area contributed by atoms with Crippen LogP contribution in [0.25, 0.3) is 0 Å². The molecular weight excluding hydrogens is 376 g/mol. The van der Waals surface area contributed by atoms with Crippen LogP contribution in [-0.4, -0.2) is 48.3 Å². The Labute approximate surface area is 179 Å². The van der Waals surface area contributed by atoms with Crippen molar-refractivity contribution in [3.8, 4) is 5.75 Å². The number of para-hydroxylation sites is 1.